The standard InChI is InChI=1S/C19H25NS/c1-20(15-12-17-9-4-2-5-10-17)19(13-6-3-7-14-19)18-11-8-16-21-18/h2,4-5,8-11,16H,3,6-7,12-15H2,1H3. The predicted molar refractivity (Wildman–Crippen MR) is 91.9 cm³/mol. The minimum Gasteiger partial charge on any atom is -0.296 e. The normalized spacial score (nSPS) is 18.0. The molecule has 1 aliphatic carbocycles. The van der Waals surface area contributed by atoms with Crippen LogP contribution in [0, 0.1) is 0 Å². The molecule has 2 aromatic rings. The smallest absolute Gasteiger partial charge is 0.0551 e. The van der Waals surface area contributed by atoms with E-state index in [4.69, 9.17) is 0 Å². The second-order valence-electron chi connectivity index (χ2n) is 6.23. The van der Waals surface area contributed by atoms with Crippen molar-refractivity contribution in [2.75, 3.05) is 13.6 Å². The van der Waals surface area contributed by atoms with E-state index in [1.54, 1.807) is 4.88 Å². The molecule has 2 heteroatoms. The van der Waals surface area contributed by atoms with Crippen molar-refractivity contribution in [3.05, 3.63) is 58.3 Å². The van der Waals surface area contributed by atoms with Crippen LogP contribution in [0.15, 0.2) is 47.8 Å². The van der Waals surface area contributed by atoms with Gasteiger partial charge < -0.3 is 0 Å². The maximum atomic E-state index is 2.63. The number of hydrogen-bond donors (Lipinski definition) is 0. The van der Waals surface area contributed by atoms with Crippen LogP contribution in [0.3, 0.4) is 0 Å². The lowest BCUT2D eigenvalue weighted by molar-refractivity contribution is 0.0771. The molecule has 0 spiro atoms. The van der Waals surface area contributed by atoms with Crippen molar-refractivity contribution in [3.63, 3.8) is 0 Å². The van der Waals surface area contributed by atoms with E-state index in [1.165, 1.54) is 37.7 Å². The van der Waals surface area contributed by atoms with E-state index in [-0.39, 0.29) is 0 Å². The summed E-state index contributed by atoms with van der Waals surface area (Å²) in [5, 5.41) is 2.23. The highest BCUT2D eigenvalue weighted by molar-refractivity contribution is 7.10. The number of nitrogens with zero attached hydrogens (tertiary/aromatic N) is 1. The van der Waals surface area contributed by atoms with Crippen molar-refractivity contribution in [3.8, 4) is 0 Å². The van der Waals surface area contributed by atoms with E-state index in [0.717, 1.165) is 13.0 Å². The Kier molecular flexibility index (Phi) is 4.77. The van der Waals surface area contributed by atoms with E-state index in [2.05, 4.69) is 59.8 Å². The van der Waals surface area contributed by atoms with E-state index in [0.29, 0.717) is 5.54 Å². The summed E-state index contributed by atoms with van der Waals surface area (Å²) in [5.74, 6) is 0. The summed E-state index contributed by atoms with van der Waals surface area (Å²) in [6.45, 7) is 1.14. The monoisotopic (exact) mass is 299 g/mol. The van der Waals surface area contributed by atoms with Gasteiger partial charge in [0.25, 0.3) is 0 Å². The minimum absolute atomic E-state index is 0.293. The molecule has 1 aliphatic rings. The molecule has 0 radical (unpaired) electrons. The Morgan fingerprint density at radius 1 is 1.00 bits per heavy atom. The number of benzene rings is 1. The molecular weight excluding hydrogens is 274 g/mol. The van der Waals surface area contributed by atoms with Crippen LogP contribution in [0.1, 0.15) is 42.5 Å². The van der Waals surface area contributed by atoms with Gasteiger partial charge in [-0.05, 0) is 43.3 Å². The lowest BCUT2D eigenvalue weighted by Crippen LogP contribution is -2.45. The predicted octanol–water partition coefficient (Wildman–Crippen LogP) is 5.08. The van der Waals surface area contributed by atoms with Gasteiger partial charge in [0, 0.05) is 11.4 Å². The van der Waals surface area contributed by atoms with Crippen molar-refractivity contribution < 1.29 is 0 Å². The molecule has 0 aliphatic heterocycles. The highest BCUT2D eigenvalue weighted by atomic mass is 32.1. The zero-order valence-electron chi connectivity index (χ0n) is 12.9. The average Bonchev–Trinajstić information content (AvgIpc) is 3.09. The van der Waals surface area contributed by atoms with Gasteiger partial charge in [-0.1, -0.05) is 55.7 Å². The van der Waals surface area contributed by atoms with Crippen molar-refractivity contribution in [1.29, 1.82) is 0 Å². The number of hydrogen-bond acceptors (Lipinski definition) is 2. The highest BCUT2D eigenvalue weighted by Gasteiger charge is 2.38. The molecule has 0 unspecified atom stereocenters. The van der Waals surface area contributed by atoms with Crippen LogP contribution in [-0.4, -0.2) is 18.5 Å². The van der Waals surface area contributed by atoms with Crippen LogP contribution in [-0.2, 0) is 12.0 Å². The van der Waals surface area contributed by atoms with Crippen molar-refractivity contribution in [1.82, 2.24) is 4.90 Å². The fraction of sp³-hybridized carbons (Fsp3) is 0.474. The first-order valence-corrected chi connectivity index (χ1v) is 8.98. The molecule has 3 rings (SSSR count). The molecule has 0 N–H and O–H groups in total. The van der Waals surface area contributed by atoms with Crippen LogP contribution in [0.25, 0.3) is 0 Å². The molecule has 112 valence electrons. The lowest BCUT2D eigenvalue weighted by atomic mass is 9.79. The average molecular weight is 299 g/mol. The Hall–Kier alpha value is -1.12. The maximum Gasteiger partial charge on any atom is 0.0551 e. The van der Waals surface area contributed by atoms with E-state index in [9.17, 15) is 0 Å². The van der Waals surface area contributed by atoms with E-state index >= 15 is 0 Å². The van der Waals surface area contributed by atoms with Crippen LogP contribution in [0.4, 0.5) is 0 Å². The first-order valence-electron chi connectivity index (χ1n) is 8.10. The number of likely N-dealkylation sites (N-methyl/N-ethyl adjacent to an activating group) is 1. The summed E-state index contributed by atoms with van der Waals surface area (Å²) in [5.41, 5.74) is 1.74. The molecule has 0 saturated heterocycles. The zero-order valence-corrected chi connectivity index (χ0v) is 13.7. The van der Waals surface area contributed by atoms with Gasteiger partial charge in [0.05, 0.1) is 5.54 Å². The summed E-state index contributed by atoms with van der Waals surface area (Å²) in [4.78, 5) is 4.20. The Balaban J connectivity index is 1.74. The van der Waals surface area contributed by atoms with Crippen LogP contribution in [0.5, 0.6) is 0 Å². The Bertz CT molecular complexity index is 526. The largest absolute Gasteiger partial charge is 0.296 e. The topological polar surface area (TPSA) is 3.24 Å². The number of thiophene rings is 1. The second kappa shape index (κ2) is 6.76. The van der Waals surface area contributed by atoms with Gasteiger partial charge in [0.1, 0.15) is 0 Å². The molecule has 0 amide bonds. The molecular formula is C19H25NS. The summed E-state index contributed by atoms with van der Waals surface area (Å²) in [7, 11) is 2.33. The molecule has 1 aromatic heterocycles. The van der Waals surface area contributed by atoms with E-state index < -0.39 is 0 Å². The Morgan fingerprint density at radius 2 is 1.76 bits per heavy atom. The lowest BCUT2D eigenvalue weighted by Gasteiger charge is -2.44. The fourth-order valence-electron chi connectivity index (χ4n) is 3.65. The Morgan fingerprint density at radius 3 is 2.43 bits per heavy atom. The van der Waals surface area contributed by atoms with Gasteiger partial charge in [0.2, 0.25) is 0 Å². The van der Waals surface area contributed by atoms with Gasteiger partial charge in [0.15, 0.2) is 0 Å². The second-order valence-corrected chi connectivity index (χ2v) is 7.17. The molecule has 21 heavy (non-hydrogen) atoms. The summed E-state index contributed by atoms with van der Waals surface area (Å²) in [6, 6.07) is 15.4. The van der Waals surface area contributed by atoms with Crippen LogP contribution in [0.2, 0.25) is 0 Å². The third kappa shape index (κ3) is 3.22. The molecule has 0 bridgehead atoms. The Labute approximate surface area is 132 Å². The molecule has 1 aromatic carbocycles. The third-order valence-electron chi connectivity index (χ3n) is 4.97. The van der Waals surface area contributed by atoms with Gasteiger partial charge in [-0.3, -0.25) is 4.90 Å². The summed E-state index contributed by atoms with van der Waals surface area (Å²) in [6.07, 6.45) is 7.92. The molecule has 0 atom stereocenters. The van der Waals surface area contributed by atoms with Crippen molar-refractivity contribution in [2.24, 2.45) is 0 Å². The minimum atomic E-state index is 0.293. The van der Waals surface area contributed by atoms with Gasteiger partial charge in [-0.25, -0.2) is 0 Å². The van der Waals surface area contributed by atoms with Gasteiger partial charge in [-0.2, -0.15) is 0 Å². The first-order chi connectivity index (χ1) is 10.3. The maximum absolute atomic E-state index is 2.63. The zero-order chi connectivity index (χ0) is 14.5. The number of rotatable bonds is 5. The summed E-state index contributed by atoms with van der Waals surface area (Å²) < 4.78 is 0. The van der Waals surface area contributed by atoms with Gasteiger partial charge >= 0.3 is 0 Å². The van der Waals surface area contributed by atoms with Gasteiger partial charge in [-0.15, -0.1) is 11.3 Å². The first kappa shape index (κ1) is 14.8. The quantitative estimate of drug-likeness (QED) is 0.744. The van der Waals surface area contributed by atoms with Crippen LogP contribution < -0.4 is 0 Å². The summed E-state index contributed by atoms with van der Waals surface area (Å²) >= 11 is 1.94. The molecule has 1 saturated carbocycles. The third-order valence-corrected chi connectivity index (χ3v) is 6.03. The highest BCUT2D eigenvalue weighted by Crippen LogP contribution is 2.43. The van der Waals surface area contributed by atoms with E-state index in [1.807, 2.05) is 11.3 Å². The van der Waals surface area contributed by atoms with Crippen molar-refractivity contribution in [2.45, 2.75) is 44.1 Å². The molecule has 1 nitrogen and oxygen atoms in total. The molecule has 1 fully saturated rings. The fourth-order valence-corrected chi connectivity index (χ4v) is 4.69. The SMILES string of the molecule is CN(CCc1ccccc1)C1(c2cccs2)CCCCC1. The van der Waals surface area contributed by atoms with Crippen LogP contribution >= 0.6 is 11.3 Å². The molecule has 1 heterocycles. The van der Waals surface area contributed by atoms with Crippen molar-refractivity contribution >= 4 is 11.3 Å².